The second kappa shape index (κ2) is 8.57. The van der Waals surface area contributed by atoms with Crippen LogP contribution in [0.2, 0.25) is 5.02 Å². The number of carbonyl (C=O) groups is 2. The lowest BCUT2D eigenvalue weighted by Crippen LogP contribution is -2.54. The number of piperidine rings is 1. The van der Waals surface area contributed by atoms with Gasteiger partial charge in [-0.15, -0.1) is 11.3 Å². The standard InChI is InChI=1S/C23H20ClN3O4S2/c24-16-6-3-14(4-7-16)15-5-8-19-18(12-15)23(29)27-10-9-17(13-20(27)22(28)25-19)26-33(30,31)21-2-1-11-32-21/h1-8,11-12,17,20,26H,9-10,13H2,(H,25,28)/t17-,20-/m0/s1. The van der Waals surface area contributed by atoms with Gasteiger partial charge in [0.15, 0.2) is 0 Å². The first-order valence-corrected chi connectivity index (χ1v) is 13.1. The van der Waals surface area contributed by atoms with Crippen LogP contribution in [0.1, 0.15) is 23.2 Å². The third-order valence-corrected chi connectivity index (χ3v) is 9.10. The lowest BCUT2D eigenvalue weighted by molar-refractivity contribution is -0.121. The first kappa shape index (κ1) is 22.1. The molecule has 0 spiro atoms. The number of carbonyl (C=O) groups excluding carboxylic acids is 2. The zero-order valence-electron chi connectivity index (χ0n) is 17.3. The summed E-state index contributed by atoms with van der Waals surface area (Å²) in [5, 5.41) is 5.17. The minimum Gasteiger partial charge on any atom is -0.326 e. The minimum atomic E-state index is -3.66. The molecule has 3 aromatic rings. The molecule has 1 aromatic heterocycles. The number of rotatable bonds is 4. The van der Waals surface area contributed by atoms with Gasteiger partial charge in [0, 0.05) is 17.6 Å². The van der Waals surface area contributed by atoms with E-state index < -0.39 is 22.1 Å². The Morgan fingerprint density at radius 2 is 1.82 bits per heavy atom. The average molecular weight is 502 g/mol. The Morgan fingerprint density at radius 1 is 1.06 bits per heavy atom. The summed E-state index contributed by atoms with van der Waals surface area (Å²) < 4.78 is 28.2. The molecule has 2 aromatic carbocycles. The fraction of sp³-hybridized carbons (Fsp3) is 0.217. The van der Waals surface area contributed by atoms with Crippen molar-refractivity contribution in [1.29, 1.82) is 0 Å². The third-order valence-electron chi connectivity index (χ3n) is 5.93. The van der Waals surface area contributed by atoms with E-state index in [1.54, 1.807) is 46.7 Å². The van der Waals surface area contributed by atoms with Crippen molar-refractivity contribution >= 4 is 50.5 Å². The fourth-order valence-corrected chi connectivity index (χ4v) is 6.70. The van der Waals surface area contributed by atoms with Crippen LogP contribution < -0.4 is 10.0 Å². The van der Waals surface area contributed by atoms with E-state index in [2.05, 4.69) is 10.0 Å². The van der Waals surface area contributed by atoms with Crippen LogP contribution in [0.4, 0.5) is 5.69 Å². The van der Waals surface area contributed by atoms with Gasteiger partial charge in [0.1, 0.15) is 10.3 Å². The van der Waals surface area contributed by atoms with Crippen LogP contribution in [0.3, 0.4) is 0 Å². The Labute approximate surface area is 200 Å². The van der Waals surface area contributed by atoms with Gasteiger partial charge in [-0.3, -0.25) is 9.59 Å². The Bertz CT molecular complexity index is 1320. The van der Waals surface area contributed by atoms with E-state index in [0.717, 1.165) is 22.5 Å². The molecule has 0 saturated carbocycles. The number of nitrogens with zero attached hydrogens (tertiary/aromatic N) is 1. The Hall–Kier alpha value is -2.72. The molecule has 7 nitrogen and oxygen atoms in total. The zero-order valence-corrected chi connectivity index (χ0v) is 19.7. The summed E-state index contributed by atoms with van der Waals surface area (Å²) in [4.78, 5) is 27.9. The van der Waals surface area contributed by atoms with E-state index in [9.17, 15) is 18.0 Å². The maximum Gasteiger partial charge on any atom is 0.256 e. The van der Waals surface area contributed by atoms with Crippen molar-refractivity contribution in [3.05, 3.63) is 70.6 Å². The van der Waals surface area contributed by atoms with Gasteiger partial charge in [-0.05, 0) is 59.7 Å². The van der Waals surface area contributed by atoms with Crippen LogP contribution in [-0.2, 0) is 14.8 Å². The third kappa shape index (κ3) is 4.29. The van der Waals surface area contributed by atoms with Crippen LogP contribution in [0, 0.1) is 0 Å². The van der Waals surface area contributed by atoms with Gasteiger partial charge in [-0.2, -0.15) is 0 Å². The summed E-state index contributed by atoms with van der Waals surface area (Å²) in [7, 11) is -3.66. The molecular formula is C23H20ClN3O4S2. The molecule has 2 N–H and O–H groups in total. The van der Waals surface area contributed by atoms with Gasteiger partial charge in [0.2, 0.25) is 15.9 Å². The van der Waals surface area contributed by atoms with Crippen molar-refractivity contribution in [3.63, 3.8) is 0 Å². The van der Waals surface area contributed by atoms with Crippen molar-refractivity contribution < 1.29 is 18.0 Å². The number of halogens is 1. The number of anilines is 1. The maximum absolute atomic E-state index is 13.4. The zero-order chi connectivity index (χ0) is 23.2. The quantitative estimate of drug-likeness (QED) is 0.565. The largest absolute Gasteiger partial charge is 0.326 e. The Kier molecular flexibility index (Phi) is 5.74. The topological polar surface area (TPSA) is 95.6 Å². The number of nitrogens with one attached hydrogen (secondary N) is 2. The van der Waals surface area contributed by atoms with E-state index in [1.165, 1.54) is 0 Å². The summed E-state index contributed by atoms with van der Waals surface area (Å²) in [6.45, 7) is 0.277. The smallest absolute Gasteiger partial charge is 0.256 e. The molecule has 0 unspecified atom stereocenters. The highest BCUT2D eigenvalue weighted by Crippen LogP contribution is 2.32. The van der Waals surface area contributed by atoms with Crippen molar-refractivity contribution in [2.45, 2.75) is 29.1 Å². The molecule has 1 fully saturated rings. The number of benzene rings is 2. The highest BCUT2D eigenvalue weighted by molar-refractivity contribution is 7.91. The molecule has 0 radical (unpaired) electrons. The molecule has 0 aliphatic carbocycles. The number of hydrogen-bond acceptors (Lipinski definition) is 5. The van der Waals surface area contributed by atoms with Gasteiger partial charge in [0.25, 0.3) is 5.91 Å². The Balaban J connectivity index is 1.40. The summed E-state index contributed by atoms with van der Waals surface area (Å²) in [6.07, 6.45) is 0.631. The number of amides is 2. The minimum absolute atomic E-state index is 0.209. The lowest BCUT2D eigenvalue weighted by Gasteiger charge is -2.37. The molecule has 0 bridgehead atoms. The van der Waals surface area contributed by atoms with Gasteiger partial charge in [0.05, 0.1) is 11.3 Å². The molecule has 2 aliphatic rings. The summed E-state index contributed by atoms with van der Waals surface area (Å²) in [5.74, 6) is -0.565. The average Bonchev–Trinajstić information content (AvgIpc) is 3.32. The van der Waals surface area contributed by atoms with Crippen LogP contribution in [0.5, 0.6) is 0 Å². The number of thiophene rings is 1. The highest BCUT2D eigenvalue weighted by atomic mass is 35.5. The predicted octanol–water partition coefficient (Wildman–Crippen LogP) is 3.97. The van der Waals surface area contributed by atoms with E-state index in [4.69, 9.17) is 11.6 Å². The number of fused-ring (bicyclic) bond motifs is 2. The number of sulfonamides is 1. The SMILES string of the molecule is O=C1Nc2ccc(-c3ccc(Cl)cc3)cc2C(=O)N2CC[C@H](NS(=O)(=O)c3cccs3)C[C@@H]12. The van der Waals surface area contributed by atoms with Crippen LogP contribution in [-0.4, -0.2) is 43.8 Å². The van der Waals surface area contributed by atoms with Crippen LogP contribution in [0.25, 0.3) is 11.1 Å². The van der Waals surface area contributed by atoms with E-state index in [1.807, 2.05) is 18.2 Å². The first-order valence-electron chi connectivity index (χ1n) is 10.4. The Morgan fingerprint density at radius 3 is 2.55 bits per heavy atom. The van der Waals surface area contributed by atoms with Gasteiger partial charge < -0.3 is 10.2 Å². The lowest BCUT2D eigenvalue weighted by atomic mass is 9.96. The van der Waals surface area contributed by atoms with E-state index in [-0.39, 0.29) is 29.0 Å². The van der Waals surface area contributed by atoms with Crippen LogP contribution >= 0.6 is 22.9 Å². The first-order chi connectivity index (χ1) is 15.8. The molecule has 2 aliphatic heterocycles. The van der Waals surface area contributed by atoms with Crippen LogP contribution in [0.15, 0.2) is 64.2 Å². The van der Waals surface area contributed by atoms with Crippen molar-refractivity contribution in [1.82, 2.24) is 9.62 Å². The van der Waals surface area contributed by atoms with Gasteiger partial charge in [-0.25, -0.2) is 13.1 Å². The van der Waals surface area contributed by atoms with Crippen molar-refractivity contribution in [2.75, 3.05) is 11.9 Å². The number of hydrogen-bond donors (Lipinski definition) is 2. The predicted molar refractivity (Wildman–Crippen MR) is 128 cm³/mol. The second-order valence-electron chi connectivity index (χ2n) is 8.05. The molecule has 2 amide bonds. The highest BCUT2D eigenvalue weighted by Gasteiger charge is 2.41. The monoisotopic (exact) mass is 501 g/mol. The molecular weight excluding hydrogens is 482 g/mol. The fourth-order valence-electron chi connectivity index (χ4n) is 4.28. The van der Waals surface area contributed by atoms with Crippen molar-refractivity contribution in [3.8, 4) is 11.1 Å². The van der Waals surface area contributed by atoms with E-state index >= 15 is 0 Å². The molecule has 170 valence electrons. The molecule has 33 heavy (non-hydrogen) atoms. The van der Waals surface area contributed by atoms with Gasteiger partial charge >= 0.3 is 0 Å². The second-order valence-corrected chi connectivity index (χ2v) is 11.4. The maximum atomic E-state index is 13.4. The normalized spacial score (nSPS) is 20.6. The molecule has 1 saturated heterocycles. The summed E-state index contributed by atoms with van der Waals surface area (Å²) >= 11 is 7.12. The van der Waals surface area contributed by atoms with E-state index in [0.29, 0.717) is 22.7 Å². The van der Waals surface area contributed by atoms with Gasteiger partial charge in [-0.1, -0.05) is 35.9 Å². The van der Waals surface area contributed by atoms with Crippen molar-refractivity contribution in [2.24, 2.45) is 0 Å². The molecule has 3 heterocycles. The molecule has 5 rings (SSSR count). The summed E-state index contributed by atoms with van der Waals surface area (Å²) in [6, 6.07) is 14.7. The molecule has 10 heteroatoms. The summed E-state index contributed by atoms with van der Waals surface area (Å²) in [5.41, 5.74) is 2.61. The molecule has 2 atom stereocenters.